The van der Waals surface area contributed by atoms with Crippen molar-refractivity contribution in [3.63, 3.8) is 0 Å². The van der Waals surface area contributed by atoms with Crippen molar-refractivity contribution < 1.29 is 33.2 Å². The second kappa shape index (κ2) is 10.5. The average molecular weight is 458 g/mol. The van der Waals surface area contributed by atoms with Gasteiger partial charge in [0.15, 0.2) is 25.0 Å². The minimum Gasteiger partial charge on any atom is -0.396 e. The number of hydrogen-bond acceptors (Lipinski definition) is 8. The van der Waals surface area contributed by atoms with Crippen LogP contribution in [-0.2, 0) is 23.7 Å². The summed E-state index contributed by atoms with van der Waals surface area (Å²) in [5.74, 6) is 0. The second-order valence-electron chi connectivity index (χ2n) is 8.47. The van der Waals surface area contributed by atoms with Crippen molar-refractivity contribution in [2.45, 2.75) is 81.6 Å². The van der Waals surface area contributed by atoms with E-state index in [4.69, 9.17) is 23.7 Å². The molecule has 1 aromatic rings. The van der Waals surface area contributed by atoms with E-state index in [-0.39, 0.29) is 19.6 Å². The molecule has 0 spiro atoms. The molecular formula is C21H31FN2O8. The molecule has 0 radical (unpaired) electrons. The third kappa shape index (κ3) is 5.13. The number of aromatic amines is 1. The van der Waals surface area contributed by atoms with Crippen LogP contribution in [0.15, 0.2) is 21.9 Å². The van der Waals surface area contributed by atoms with E-state index in [1.54, 1.807) is 0 Å². The monoisotopic (exact) mass is 458 g/mol. The molecule has 0 amide bonds. The fourth-order valence-corrected chi connectivity index (χ4v) is 4.49. The molecule has 6 atom stereocenters. The van der Waals surface area contributed by atoms with Gasteiger partial charge in [-0.3, -0.25) is 14.3 Å². The molecule has 3 saturated heterocycles. The summed E-state index contributed by atoms with van der Waals surface area (Å²) in [4.78, 5) is 25.9. The Labute approximate surface area is 184 Å². The molecule has 10 nitrogen and oxygen atoms in total. The van der Waals surface area contributed by atoms with Crippen LogP contribution in [0, 0.1) is 0 Å². The van der Waals surface area contributed by atoms with E-state index in [0.717, 1.165) is 36.3 Å². The van der Waals surface area contributed by atoms with Gasteiger partial charge in [-0.25, -0.2) is 9.18 Å². The number of nitrogens with one attached hydrogen (secondary N) is 1. The number of ether oxygens (including phenoxy) is 5. The molecule has 2 unspecified atom stereocenters. The molecule has 0 aromatic carbocycles. The van der Waals surface area contributed by atoms with Gasteiger partial charge in [0.2, 0.25) is 0 Å². The van der Waals surface area contributed by atoms with Gasteiger partial charge in [0.05, 0.1) is 6.61 Å². The maximum absolute atomic E-state index is 15.8. The second-order valence-corrected chi connectivity index (χ2v) is 8.47. The average Bonchev–Trinajstić information content (AvgIpc) is 3.06. The van der Waals surface area contributed by atoms with Crippen LogP contribution >= 0.6 is 0 Å². The number of alkyl halides is 1. The first kappa shape index (κ1) is 23.5. The summed E-state index contributed by atoms with van der Waals surface area (Å²) >= 11 is 0. The van der Waals surface area contributed by atoms with Gasteiger partial charge in [0.25, 0.3) is 5.56 Å². The highest BCUT2D eigenvalue weighted by atomic mass is 19.1. The highest BCUT2D eigenvalue weighted by molar-refractivity contribution is 5.04. The fraction of sp³-hybridized carbons (Fsp3) is 0.810. The summed E-state index contributed by atoms with van der Waals surface area (Å²) in [5, 5.41) is 9.79. The molecule has 4 rings (SSSR count). The van der Waals surface area contributed by atoms with Crippen molar-refractivity contribution in [1.29, 1.82) is 0 Å². The van der Waals surface area contributed by atoms with Gasteiger partial charge in [-0.15, -0.1) is 0 Å². The van der Waals surface area contributed by atoms with Gasteiger partial charge in [-0.05, 0) is 38.5 Å². The van der Waals surface area contributed by atoms with Crippen molar-refractivity contribution in [2.24, 2.45) is 0 Å². The van der Waals surface area contributed by atoms with E-state index < -0.39 is 47.9 Å². The summed E-state index contributed by atoms with van der Waals surface area (Å²) in [6.07, 6.45) is 0.834. The Morgan fingerprint density at radius 2 is 1.88 bits per heavy atom. The van der Waals surface area contributed by atoms with Crippen LogP contribution in [0.1, 0.15) is 51.2 Å². The first-order chi connectivity index (χ1) is 15.5. The highest BCUT2D eigenvalue weighted by Crippen LogP contribution is 2.44. The lowest BCUT2D eigenvalue weighted by Crippen LogP contribution is -2.51. The zero-order valence-electron chi connectivity index (χ0n) is 17.9. The molecule has 1 aromatic heterocycles. The van der Waals surface area contributed by atoms with Crippen LogP contribution < -0.4 is 11.2 Å². The number of rotatable bonds is 8. The zero-order valence-corrected chi connectivity index (χ0v) is 17.9. The zero-order chi connectivity index (χ0) is 22.6. The van der Waals surface area contributed by atoms with E-state index in [0.29, 0.717) is 26.1 Å². The maximum Gasteiger partial charge on any atom is 0.330 e. The summed E-state index contributed by atoms with van der Waals surface area (Å²) < 4.78 is 46.2. The van der Waals surface area contributed by atoms with Crippen molar-refractivity contribution in [2.75, 3.05) is 26.4 Å². The topological polar surface area (TPSA) is 121 Å². The third-order valence-electron chi connectivity index (χ3n) is 6.18. The van der Waals surface area contributed by atoms with Crippen LogP contribution in [0.4, 0.5) is 4.39 Å². The molecule has 4 heterocycles. The Kier molecular flexibility index (Phi) is 7.74. The fourth-order valence-electron chi connectivity index (χ4n) is 4.49. The SMILES string of the molecule is O=c1ccn([C@@H]2O[C@](CCO)(COC3CCCCO3)[C@@H](OC3CCCCO3)[C@@H]2F)c(=O)[nH]1. The number of aromatic nitrogens is 2. The van der Waals surface area contributed by atoms with Crippen LogP contribution in [0.25, 0.3) is 0 Å². The minimum atomic E-state index is -1.77. The molecule has 11 heteroatoms. The van der Waals surface area contributed by atoms with Crippen LogP contribution in [0.3, 0.4) is 0 Å². The molecular weight excluding hydrogens is 427 g/mol. The Morgan fingerprint density at radius 3 is 2.50 bits per heavy atom. The number of aliphatic hydroxyl groups excluding tert-OH is 1. The standard InChI is InChI=1S/C21H31FN2O8/c22-17-18(31-16-6-2-4-12-29-16)21(8-10-25,13-30-15-5-1-3-11-28-15)32-19(17)24-9-7-14(26)23-20(24)27/h7,9,15-19,25H,1-6,8,10-13H2,(H,23,26,27)/t15?,16?,17-,18-,19+,21+/m0/s1. The lowest BCUT2D eigenvalue weighted by molar-refractivity contribution is -0.251. The Hall–Kier alpha value is -1.63. The van der Waals surface area contributed by atoms with E-state index in [1.807, 2.05) is 0 Å². The first-order valence-electron chi connectivity index (χ1n) is 11.3. The largest absolute Gasteiger partial charge is 0.396 e. The smallest absolute Gasteiger partial charge is 0.330 e. The van der Waals surface area contributed by atoms with E-state index >= 15 is 4.39 Å². The van der Waals surface area contributed by atoms with Gasteiger partial charge in [0.1, 0.15) is 11.7 Å². The van der Waals surface area contributed by atoms with Gasteiger partial charge in [-0.1, -0.05) is 0 Å². The normalized spacial score (nSPS) is 35.8. The predicted octanol–water partition coefficient (Wildman–Crippen LogP) is 0.980. The maximum atomic E-state index is 15.8. The quantitative estimate of drug-likeness (QED) is 0.591. The first-order valence-corrected chi connectivity index (χ1v) is 11.3. The van der Waals surface area contributed by atoms with Crippen molar-refractivity contribution >= 4 is 0 Å². The Morgan fingerprint density at radius 1 is 1.16 bits per heavy atom. The van der Waals surface area contributed by atoms with E-state index in [1.165, 1.54) is 6.20 Å². The van der Waals surface area contributed by atoms with E-state index in [2.05, 4.69) is 4.98 Å². The summed E-state index contributed by atoms with van der Waals surface area (Å²) in [5.41, 5.74) is -2.77. The number of aliphatic hydroxyl groups is 1. The van der Waals surface area contributed by atoms with Crippen molar-refractivity contribution in [3.05, 3.63) is 33.1 Å². The predicted molar refractivity (Wildman–Crippen MR) is 109 cm³/mol. The molecule has 3 aliphatic heterocycles. The number of H-pyrrole nitrogens is 1. The van der Waals surface area contributed by atoms with Crippen LogP contribution in [-0.4, -0.2) is 71.5 Å². The Balaban J connectivity index is 1.61. The van der Waals surface area contributed by atoms with Gasteiger partial charge >= 0.3 is 5.69 Å². The molecule has 3 aliphatic rings. The highest BCUT2D eigenvalue weighted by Gasteiger charge is 2.58. The molecule has 3 fully saturated rings. The summed E-state index contributed by atoms with van der Waals surface area (Å²) in [6.45, 7) is 0.692. The van der Waals surface area contributed by atoms with Crippen molar-refractivity contribution in [1.82, 2.24) is 9.55 Å². The number of halogens is 1. The van der Waals surface area contributed by atoms with Gasteiger partial charge in [0, 0.05) is 38.5 Å². The lowest BCUT2D eigenvalue weighted by Gasteiger charge is -2.37. The van der Waals surface area contributed by atoms with E-state index in [9.17, 15) is 14.7 Å². The molecule has 180 valence electrons. The molecule has 0 bridgehead atoms. The minimum absolute atomic E-state index is 0.0200. The lowest BCUT2D eigenvalue weighted by atomic mass is 9.92. The number of nitrogens with zero attached hydrogens (tertiary/aromatic N) is 1. The number of hydrogen-bond donors (Lipinski definition) is 2. The molecule has 0 saturated carbocycles. The molecule has 0 aliphatic carbocycles. The summed E-state index contributed by atoms with van der Waals surface area (Å²) in [6, 6.07) is 1.12. The molecule has 2 N–H and O–H groups in total. The van der Waals surface area contributed by atoms with Crippen LogP contribution in [0.2, 0.25) is 0 Å². The Bertz CT molecular complexity index is 851. The van der Waals surface area contributed by atoms with Gasteiger partial charge in [-0.2, -0.15) is 0 Å². The third-order valence-corrected chi connectivity index (χ3v) is 6.18. The molecule has 32 heavy (non-hydrogen) atoms. The van der Waals surface area contributed by atoms with Crippen molar-refractivity contribution in [3.8, 4) is 0 Å². The summed E-state index contributed by atoms with van der Waals surface area (Å²) in [7, 11) is 0. The van der Waals surface area contributed by atoms with Gasteiger partial charge < -0.3 is 28.8 Å². The van der Waals surface area contributed by atoms with Crippen LogP contribution in [0.5, 0.6) is 0 Å².